The van der Waals surface area contributed by atoms with Crippen molar-refractivity contribution in [2.45, 2.75) is 32.3 Å². The van der Waals surface area contributed by atoms with E-state index in [0.717, 1.165) is 28.5 Å². The SMILES string of the molecule is CCc1ccccc1NC(=O)CN1CCN(C(=O)CSc2nccn2-c2ccc(C)cc2C)CC1. The van der Waals surface area contributed by atoms with Crippen LogP contribution in [-0.2, 0) is 16.0 Å². The highest BCUT2D eigenvalue weighted by Gasteiger charge is 2.23. The highest BCUT2D eigenvalue weighted by molar-refractivity contribution is 7.99. The van der Waals surface area contributed by atoms with Crippen LogP contribution >= 0.6 is 11.8 Å². The fourth-order valence-electron chi connectivity index (χ4n) is 4.37. The van der Waals surface area contributed by atoms with E-state index in [1.807, 2.05) is 39.9 Å². The van der Waals surface area contributed by atoms with Crippen LogP contribution in [0.25, 0.3) is 5.69 Å². The Hall–Kier alpha value is -3.10. The van der Waals surface area contributed by atoms with Gasteiger partial charge in [-0.1, -0.05) is 54.6 Å². The molecule has 0 spiro atoms. The number of nitrogens with one attached hydrogen (secondary N) is 1. The molecule has 1 aromatic heterocycles. The first-order valence-electron chi connectivity index (χ1n) is 12.1. The van der Waals surface area contributed by atoms with E-state index in [4.69, 9.17) is 0 Å². The second kappa shape index (κ2) is 11.6. The van der Waals surface area contributed by atoms with E-state index in [1.165, 1.54) is 22.9 Å². The molecule has 8 heteroatoms. The molecule has 0 atom stereocenters. The Labute approximate surface area is 211 Å². The Morgan fingerprint density at radius 2 is 1.83 bits per heavy atom. The molecule has 2 amide bonds. The summed E-state index contributed by atoms with van der Waals surface area (Å²) in [5, 5.41) is 3.84. The van der Waals surface area contributed by atoms with Gasteiger partial charge >= 0.3 is 0 Å². The first kappa shape index (κ1) is 25.0. The summed E-state index contributed by atoms with van der Waals surface area (Å²) in [6.07, 6.45) is 4.59. The summed E-state index contributed by atoms with van der Waals surface area (Å²) in [4.78, 5) is 33.9. The third-order valence-electron chi connectivity index (χ3n) is 6.31. The topological polar surface area (TPSA) is 70.5 Å². The number of thioether (sulfide) groups is 1. The summed E-state index contributed by atoms with van der Waals surface area (Å²) < 4.78 is 2.04. The van der Waals surface area contributed by atoms with Gasteiger partial charge in [-0.2, -0.15) is 0 Å². The molecule has 1 saturated heterocycles. The normalized spacial score (nSPS) is 14.2. The van der Waals surface area contributed by atoms with Gasteiger partial charge in [-0.25, -0.2) is 4.98 Å². The number of rotatable bonds is 8. The fourth-order valence-corrected chi connectivity index (χ4v) is 5.24. The van der Waals surface area contributed by atoms with Crippen LogP contribution in [0.15, 0.2) is 60.0 Å². The summed E-state index contributed by atoms with van der Waals surface area (Å²) in [5.74, 6) is 0.432. The number of benzene rings is 2. The molecule has 0 bridgehead atoms. The number of aromatic nitrogens is 2. The molecule has 1 N–H and O–H groups in total. The van der Waals surface area contributed by atoms with Crippen LogP contribution in [0.4, 0.5) is 5.69 Å². The molecule has 2 aromatic carbocycles. The number of piperazine rings is 1. The predicted molar refractivity (Wildman–Crippen MR) is 141 cm³/mol. The number of carbonyl (C=O) groups excluding carboxylic acids is 2. The zero-order chi connectivity index (χ0) is 24.8. The Bertz CT molecular complexity index is 1180. The maximum absolute atomic E-state index is 12.9. The summed E-state index contributed by atoms with van der Waals surface area (Å²) in [6.45, 7) is 9.22. The fraction of sp³-hybridized carbons (Fsp3) is 0.370. The van der Waals surface area contributed by atoms with E-state index in [1.54, 1.807) is 6.20 Å². The molecule has 0 unspecified atom stereocenters. The zero-order valence-corrected chi connectivity index (χ0v) is 21.5. The number of aryl methyl sites for hydroxylation is 3. The van der Waals surface area contributed by atoms with Crippen LogP contribution in [0.2, 0.25) is 0 Å². The van der Waals surface area contributed by atoms with Crippen molar-refractivity contribution in [2.75, 3.05) is 43.8 Å². The van der Waals surface area contributed by atoms with Gasteiger partial charge in [-0.3, -0.25) is 19.1 Å². The average Bonchev–Trinajstić information content (AvgIpc) is 3.31. The summed E-state index contributed by atoms with van der Waals surface area (Å²) in [7, 11) is 0. The molecule has 4 rings (SSSR count). The van der Waals surface area contributed by atoms with Crippen LogP contribution in [0.1, 0.15) is 23.6 Å². The summed E-state index contributed by atoms with van der Waals surface area (Å²) in [6, 6.07) is 14.2. The molecular weight excluding hydrogens is 458 g/mol. The molecule has 1 fully saturated rings. The van der Waals surface area contributed by atoms with Gasteiger partial charge in [0.25, 0.3) is 0 Å². The van der Waals surface area contributed by atoms with Crippen LogP contribution in [0, 0.1) is 13.8 Å². The van der Waals surface area contributed by atoms with Crippen LogP contribution in [-0.4, -0.2) is 69.6 Å². The minimum Gasteiger partial charge on any atom is -0.339 e. The van der Waals surface area contributed by atoms with Crippen molar-refractivity contribution in [1.82, 2.24) is 19.4 Å². The number of hydrogen-bond donors (Lipinski definition) is 1. The lowest BCUT2D eigenvalue weighted by Crippen LogP contribution is -2.50. The quantitative estimate of drug-likeness (QED) is 0.484. The van der Waals surface area contributed by atoms with Gasteiger partial charge in [0, 0.05) is 44.3 Å². The maximum atomic E-state index is 12.9. The number of hydrogen-bond acceptors (Lipinski definition) is 5. The molecule has 1 aliphatic rings. The van der Waals surface area contributed by atoms with Crippen molar-refractivity contribution in [2.24, 2.45) is 0 Å². The smallest absolute Gasteiger partial charge is 0.238 e. The lowest BCUT2D eigenvalue weighted by molar-refractivity contribution is -0.130. The van der Waals surface area contributed by atoms with Gasteiger partial charge < -0.3 is 10.2 Å². The van der Waals surface area contributed by atoms with Crippen molar-refractivity contribution in [1.29, 1.82) is 0 Å². The highest BCUT2D eigenvalue weighted by Crippen LogP contribution is 2.24. The van der Waals surface area contributed by atoms with Crippen molar-refractivity contribution >= 4 is 29.3 Å². The number of para-hydroxylation sites is 1. The largest absolute Gasteiger partial charge is 0.339 e. The van der Waals surface area contributed by atoms with Crippen molar-refractivity contribution in [3.8, 4) is 5.69 Å². The molecule has 0 saturated carbocycles. The van der Waals surface area contributed by atoms with E-state index in [2.05, 4.69) is 54.2 Å². The predicted octanol–water partition coefficient (Wildman–Crippen LogP) is 3.93. The number of carbonyl (C=O) groups is 2. The van der Waals surface area contributed by atoms with Gasteiger partial charge in [0.15, 0.2) is 5.16 Å². The van der Waals surface area contributed by atoms with E-state index in [-0.39, 0.29) is 11.8 Å². The summed E-state index contributed by atoms with van der Waals surface area (Å²) >= 11 is 1.46. The molecule has 184 valence electrons. The maximum Gasteiger partial charge on any atom is 0.238 e. The number of anilines is 1. The third-order valence-corrected chi connectivity index (χ3v) is 7.26. The Morgan fingerprint density at radius 1 is 1.06 bits per heavy atom. The zero-order valence-electron chi connectivity index (χ0n) is 20.7. The van der Waals surface area contributed by atoms with Gasteiger partial charge in [0.1, 0.15) is 0 Å². The van der Waals surface area contributed by atoms with Crippen molar-refractivity contribution in [3.63, 3.8) is 0 Å². The van der Waals surface area contributed by atoms with Crippen LogP contribution in [0.3, 0.4) is 0 Å². The highest BCUT2D eigenvalue weighted by atomic mass is 32.2. The molecule has 7 nitrogen and oxygen atoms in total. The summed E-state index contributed by atoms with van der Waals surface area (Å²) in [5.41, 5.74) is 5.49. The Morgan fingerprint density at radius 3 is 2.57 bits per heavy atom. The monoisotopic (exact) mass is 491 g/mol. The second-order valence-electron chi connectivity index (χ2n) is 8.87. The van der Waals surface area contributed by atoms with Gasteiger partial charge in [0.2, 0.25) is 11.8 Å². The van der Waals surface area contributed by atoms with Crippen LogP contribution in [0.5, 0.6) is 0 Å². The van der Waals surface area contributed by atoms with Gasteiger partial charge in [-0.15, -0.1) is 0 Å². The second-order valence-corrected chi connectivity index (χ2v) is 9.82. The Kier molecular flexibility index (Phi) is 8.25. The Balaban J connectivity index is 1.25. The molecule has 0 radical (unpaired) electrons. The van der Waals surface area contributed by atoms with E-state index in [0.29, 0.717) is 38.5 Å². The minimum absolute atomic E-state index is 0.0144. The van der Waals surface area contributed by atoms with Crippen LogP contribution < -0.4 is 5.32 Å². The van der Waals surface area contributed by atoms with Crippen molar-refractivity contribution in [3.05, 3.63) is 71.5 Å². The van der Waals surface area contributed by atoms with E-state index < -0.39 is 0 Å². The van der Waals surface area contributed by atoms with Gasteiger partial charge in [-0.05, 0) is 43.5 Å². The lowest BCUT2D eigenvalue weighted by Gasteiger charge is -2.34. The molecule has 0 aliphatic carbocycles. The van der Waals surface area contributed by atoms with Crippen molar-refractivity contribution < 1.29 is 9.59 Å². The number of amides is 2. The number of imidazole rings is 1. The van der Waals surface area contributed by atoms with E-state index in [9.17, 15) is 9.59 Å². The third kappa shape index (κ3) is 6.32. The molecule has 3 aromatic rings. The lowest BCUT2D eigenvalue weighted by atomic mass is 10.1. The van der Waals surface area contributed by atoms with Gasteiger partial charge in [0.05, 0.1) is 18.0 Å². The standard InChI is InChI=1S/C27H33N5O2S/c1-4-22-7-5-6-8-23(22)29-25(33)18-30-13-15-31(16-14-30)26(34)19-35-27-28-11-12-32(27)24-10-9-20(2)17-21(24)3/h5-12,17H,4,13-16,18-19H2,1-3H3,(H,29,33). The average molecular weight is 492 g/mol. The first-order chi connectivity index (χ1) is 16.9. The molecule has 35 heavy (non-hydrogen) atoms. The molecule has 2 heterocycles. The van der Waals surface area contributed by atoms with E-state index >= 15 is 0 Å². The molecule has 1 aliphatic heterocycles. The minimum atomic E-state index is -0.0144. The first-order valence-corrected chi connectivity index (χ1v) is 13.0. The number of nitrogens with zero attached hydrogens (tertiary/aromatic N) is 4. The molecular formula is C27H33N5O2S.